The zero-order valence-electron chi connectivity index (χ0n) is 13.4. The molecule has 2 aromatic rings. The van der Waals surface area contributed by atoms with E-state index in [2.05, 4.69) is 5.32 Å². The number of nitrogens with zero attached hydrogens (tertiary/aromatic N) is 2. The summed E-state index contributed by atoms with van der Waals surface area (Å²) in [5, 5.41) is 22.5. The largest absolute Gasteiger partial charge is 0.486 e. The Hall–Kier alpha value is -3.25. The van der Waals surface area contributed by atoms with Crippen LogP contribution in [0.25, 0.3) is 0 Å². The van der Waals surface area contributed by atoms with Crippen molar-refractivity contribution in [2.75, 3.05) is 24.3 Å². The number of carbonyl (C=O) groups excluding carboxylic acids is 1. The Balaban J connectivity index is 1.63. The van der Waals surface area contributed by atoms with E-state index < -0.39 is 4.92 Å². The minimum Gasteiger partial charge on any atom is -0.486 e. The fraction of sp³-hybridized carbons (Fsp3) is 0.176. The summed E-state index contributed by atoms with van der Waals surface area (Å²) in [4.78, 5) is 23.1. The van der Waals surface area contributed by atoms with E-state index in [9.17, 15) is 14.9 Å². The normalized spacial score (nSPS) is 12.1. The Bertz CT molecular complexity index is 910. The van der Waals surface area contributed by atoms with Crippen LogP contribution >= 0.6 is 11.8 Å². The van der Waals surface area contributed by atoms with Crippen molar-refractivity contribution in [3.63, 3.8) is 0 Å². The molecule has 0 saturated heterocycles. The second-order valence-corrected chi connectivity index (χ2v) is 6.29. The van der Waals surface area contributed by atoms with Crippen LogP contribution < -0.4 is 14.8 Å². The van der Waals surface area contributed by atoms with Crippen LogP contribution in [0.1, 0.15) is 5.56 Å². The summed E-state index contributed by atoms with van der Waals surface area (Å²) in [5.74, 6) is 1.11. The Labute approximate surface area is 152 Å². The Morgan fingerprint density at radius 2 is 2.00 bits per heavy atom. The maximum atomic E-state index is 12.1. The second kappa shape index (κ2) is 7.76. The molecule has 1 amide bonds. The Morgan fingerprint density at radius 1 is 1.23 bits per heavy atom. The number of nitriles is 1. The predicted molar refractivity (Wildman–Crippen MR) is 94.6 cm³/mol. The molecular formula is C17H13N3O5S. The molecule has 1 heterocycles. The fourth-order valence-electron chi connectivity index (χ4n) is 2.30. The molecule has 1 N–H and O–H groups in total. The lowest BCUT2D eigenvalue weighted by Gasteiger charge is -2.18. The van der Waals surface area contributed by atoms with E-state index in [1.54, 1.807) is 12.1 Å². The lowest BCUT2D eigenvalue weighted by atomic mass is 10.1. The Kier molecular flexibility index (Phi) is 5.24. The summed E-state index contributed by atoms with van der Waals surface area (Å²) >= 11 is 1.30. The number of amides is 1. The van der Waals surface area contributed by atoms with Crippen LogP contribution in [0.3, 0.4) is 0 Å². The van der Waals surface area contributed by atoms with Gasteiger partial charge in [-0.25, -0.2) is 0 Å². The number of anilines is 1. The van der Waals surface area contributed by atoms with E-state index >= 15 is 0 Å². The molecule has 26 heavy (non-hydrogen) atoms. The third kappa shape index (κ3) is 4.04. The fourth-order valence-corrected chi connectivity index (χ4v) is 3.02. The first kappa shape index (κ1) is 17.6. The average molecular weight is 371 g/mol. The van der Waals surface area contributed by atoms with Crippen molar-refractivity contribution >= 4 is 29.0 Å². The van der Waals surface area contributed by atoms with Gasteiger partial charge in [0, 0.05) is 17.0 Å². The highest BCUT2D eigenvalue weighted by Crippen LogP contribution is 2.34. The van der Waals surface area contributed by atoms with Crippen LogP contribution in [0.5, 0.6) is 11.5 Å². The van der Waals surface area contributed by atoms with Gasteiger partial charge in [-0.15, -0.1) is 11.8 Å². The number of nitrogens with one attached hydrogen (secondary N) is 1. The summed E-state index contributed by atoms with van der Waals surface area (Å²) in [5.41, 5.74) is 0.0768. The van der Waals surface area contributed by atoms with Gasteiger partial charge in [0.1, 0.15) is 19.3 Å². The van der Waals surface area contributed by atoms with Crippen LogP contribution in [-0.2, 0) is 4.79 Å². The first-order chi connectivity index (χ1) is 12.6. The molecule has 0 aliphatic carbocycles. The minimum absolute atomic E-state index is 0.0388. The van der Waals surface area contributed by atoms with Gasteiger partial charge in [-0.05, 0) is 24.3 Å². The van der Waals surface area contributed by atoms with Gasteiger partial charge in [-0.3, -0.25) is 14.9 Å². The van der Waals surface area contributed by atoms with Crippen LogP contribution in [0, 0.1) is 21.4 Å². The van der Waals surface area contributed by atoms with Crippen molar-refractivity contribution in [2.45, 2.75) is 4.90 Å². The van der Waals surface area contributed by atoms with Crippen LogP contribution in [0.4, 0.5) is 11.4 Å². The number of thioether (sulfide) groups is 1. The van der Waals surface area contributed by atoms with Crippen molar-refractivity contribution in [2.24, 2.45) is 0 Å². The van der Waals surface area contributed by atoms with Gasteiger partial charge in [-0.1, -0.05) is 0 Å². The molecule has 1 aliphatic rings. The molecule has 0 spiro atoms. The number of carbonyl (C=O) groups is 1. The highest BCUT2D eigenvalue weighted by atomic mass is 32.2. The molecule has 2 aromatic carbocycles. The first-order valence-corrected chi connectivity index (χ1v) is 8.56. The van der Waals surface area contributed by atoms with E-state index in [0.29, 0.717) is 24.7 Å². The standard InChI is InChI=1S/C17H13N3O5S/c18-9-11-7-12(20(22)23)1-3-14(11)19-17(21)10-26-13-2-4-15-16(8-13)25-6-5-24-15/h1-4,7-8H,5-6,10H2,(H,19,21). The summed E-state index contributed by atoms with van der Waals surface area (Å²) in [6.45, 7) is 0.997. The number of ether oxygens (including phenoxy) is 2. The predicted octanol–water partition coefficient (Wildman–Crippen LogP) is 2.97. The highest BCUT2D eigenvalue weighted by Gasteiger charge is 2.15. The molecule has 9 heteroatoms. The molecule has 0 fully saturated rings. The second-order valence-electron chi connectivity index (χ2n) is 5.24. The summed E-state index contributed by atoms with van der Waals surface area (Å²) in [6.07, 6.45) is 0. The molecule has 3 rings (SSSR count). The van der Waals surface area contributed by atoms with E-state index in [1.165, 1.54) is 23.9 Å². The van der Waals surface area contributed by atoms with E-state index in [1.807, 2.05) is 12.1 Å². The van der Waals surface area contributed by atoms with Crippen molar-refractivity contribution in [1.29, 1.82) is 5.26 Å². The number of hydrogen-bond acceptors (Lipinski definition) is 7. The van der Waals surface area contributed by atoms with Crippen LogP contribution in [-0.4, -0.2) is 29.8 Å². The number of nitro groups is 1. The van der Waals surface area contributed by atoms with Gasteiger partial charge >= 0.3 is 0 Å². The van der Waals surface area contributed by atoms with E-state index in [0.717, 1.165) is 11.0 Å². The zero-order chi connectivity index (χ0) is 18.5. The highest BCUT2D eigenvalue weighted by molar-refractivity contribution is 8.00. The monoisotopic (exact) mass is 371 g/mol. The van der Waals surface area contributed by atoms with Crippen molar-refractivity contribution in [3.8, 4) is 17.6 Å². The third-order valence-corrected chi connectivity index (χ3v) is 4.49. The van der Waals surface area contributed by atoms with Crippen LogP contribution in [0.2, 0.25) is 0 Å². The molecule has 0 bridgehead atoms. The quantitative estimate of drug-likeness (QED) is 0.488. The number of non-ortho nitro benzene ring substituents is 1. The van der Waals surface area contributed by atoms with E-state index in [-0.39, 0.29) is 28.6 Å². The molecule has 0 radical (unpaired) electrons. The third-order valence-electron chi connectivity index (χ3n) is 3.49. The maximum absolute atomic E-state index is 12.1. The van der Waals surface area contributed by atoms with Gasteiger partial charge in [0.05, 0.1) is 21.9 Å². The topological polar surface area (TPSA) is 114 Å². The van der Waals surface area contributed by atoms with Gasteiger partial charge in [-0.2, -0.15) is 5.26 Å². The maximum Gasteiger partial charge on any atom is 0.270 e. The number of hydrogen-bond donors (Lipinski definition) is 1. The van der Waals surface area contributed by atoms with Gasteiger partial charge in [0.25, 0.3) is 5.69 Å². The van der Waals surface area contributed by atoms with Crippen LogP contribution in [0.15, 0.2) is 41.3 Å². The zero-order valence-corrected chi connectivity index (χ0v) is 14.2. The summed E-state index contributed by atoms with van der Waals surface area (Å²) < 4.78 is 10.9. The molecule has 0 unspecified atom stereocenters. The first-order valence-electron chi connectivity index (χ1n) is 7.57. The Morgan fingerprint density at radius 3 is 2.73 bits per heavy atom. The smallest absolute Gasteiger partial charge is 0.270 e. The van der Waals surface area contributed by atoms with Crippen molar-refractivity contribution in [3.05, 3.63) is 52.1 Å². The summed E-state index contributed by atoms with van der Waals surface area (Å²) in [7, 11) is 0. The van der Waals surface area contributed by atoms with Gasteiger partial charge < -0.3 is 14.8 Å². The molecule has 0 saturated carbocycles. The van der Waals surface area contributed by atoms with Crippen molar-refractivity contribution in [1.82, 2.24) is 0 Å². The molecule has 132 valence electrons. The number of rotatable bonds is 5. The van der Waals surface area contributed by atoms with Gasteiger partial charge in [0.2, 0.25) is 5.91 Å². The SMILES string of the molecule is N#Cc1cc([N+](=O)[O-])ccc1NC(=O)CSc1ccc2c(c1)OCCO2. The summed E-state index contributed by atoms with van der Waals surface area (Å²) in [6, 6.07) is 11.0. The van der Waals surface area contributed by atoms with Gasteiger partial charge in [0.15, 0.2) is 11.5 Å². The molecule has 0 atom stereocenters. The lowest BCUT2D eigenvalue weighted by Crippen LogP contribution is -2.16. The average Bonchev–Trinajstić information content (AvgIpc) is 2.66. The number of fused-ring (bicyclic) bond motifs is 1. The van der Waals surface area contributed by atoms with Crippen molar-refractivity contribution < 1.29 is 19.2 Å². The molecular weight excluding hydrogens is 358 g/mol. The molecule has 1 aliphatic heterocycles. The molecule has 0 aromatic heterocycles. The number of benzene rings is 2. The lowest BCUT2D eigenvalue weighted by molar-refractivity contribution is -0.384. The van der Waals surface area contributed by atoms with E-state index in [4.69, 9.17) is 14.7 Å². The molecule has 8 nitrogen and oxygen atoms in total. The number of nitro benzene ring substituents is 1. The minimum atomic E-state index is -0.593.